The fraction of sp³-hybridized carbons (Fsp3) is 0.368. The molecule has 24 heavy (non-hydrogen) atoms. The molecule has 0 radical (unpaired) electrons. The van der Waals surface area contributed by atoms with Crippen LogP contribution in [-0.2, 0) is 11.2 Å². The number of rotatable bonds is 5. The van der Waals surface area contributed by atoms with Crippen LogP contribution >= 0.6 is 11.3 Å². The quantitative estimate of drug-likeness (QED) is 0.908. The predicted molar refractivity (Wildman–Crippen MR) is 96.2 cm³/mol. The van der Waals surface area contributed by atoms with Crippen LogP contribution in [0.4, 0.5) is 0 Å². The Kier molecular flexibility index (Phi) is 5.64. The van der Waals surface area contributed by atoms with E-state index < -0.39 is 0 Å². The predicted octanol–water partition coefficient (Wildman–Crippen LogP) is 3.10. The Bertz CT molecular complexity index is 662. The number of nitrogens with zero attached hydrogens (tertiary/aromatic N) is 1. The Morgan fingerprint density at radius 3 is 2.50 bits per heavy atom. The summed E-state index contributed by atoms with van der Waals surface area (Å²) in [5.74, 6) is 0.209. The highest BCUT2D eigenvalue weighted by atomic mass is 32.1. The second kappa shape index (κ2) is 8.11. The number of amides is 2. The molecule has 5 heteroatoms. The summed E-state index contributed by atoms with van der Waals surface area (Å²) in [6.07, 6.45) is 2.99. The molecule has 1 aromatic heterocycles. The van der Waals surface area contributed by atoms with Crippen molar-refractivity contribution >= 4 is 23.2 Å². The van der Waals surface area contributed by atoms with Gasteiger partial charge in [0.15, 0.2) is 0 Å². The summed E-state index contributed by atoms with van der Waals surface area (Å²) in [6, 6.07) is 14.0. The van der Waals surface area contributed by atoms with Gasteiger partial charge in [0.2, 0.25) is 5.91 Å². The van der Waals surface area contributed by atoms with Gasteiger partial charge in [-0.2, -0.15) is 0 Å². The average Bonchev–Trinajstić information content (AvgIpc) is 3.16. The molecule has 0 bridgehead atoms. The van der Waals surface area contributed by atoms with Crippen molar-refractivity contribution in [1.82, 2.24) is 10.2 Å². The normalized spacial score (nSPS) is 15.2. The van der Waals surface area contributed by atoms with Gasteiger partial charge in [-0.3, -0.25) is 9.59 Å². The number of nitrogens with one attached hydrogen (secondary N) is 1. The van der Waals surface area contributed by atoms with E-state index in [4.69, 9.17) is 0 Å². The van der Waals surface area contributed by atoms with E-state index in [-0.39, 0.29) is 17.9 Å². The molecule has 1 aliphatic rings. The van der Waals surface area contributed by atoms with Crippen LogP contribution in [0.2, 0.25) is 0 Å². The Hall–Kier alpha value is -2.14. The summed E-state index contributed by atoms with van der Waals surface area (Å²) in [5, 5.41) is 4.98. The average molecular weight is 342 g/mol. The molecule has 2 amide bonds. The Balaban J connectivity index is 1.41. The summed E-state index contributed by atoms with van der Waals surface area (Å²) in [4.78, 5) is 27.1. The Morgan fingerprint density at radius 2 is 1.83 bits per heavy atom. The molecule has 2 aromatic rings. The first-order chi connectivity index (χ1) is 11.7. The Labute approximate surface area is 146 Å². The number of hydrogen-bond donors (Lipinski definition) is 1. The number of carbonyl (C=O) groups is 2. The van der Waals surface area contributed by atoms with Crippen LogP contribution in [0.3, 0.4) is 0 Å². The van der Waals surface area contributed by atoms with Crippen molar-refractivity contribution in [3.63, 3.8) is 0 Å². The SMILES string of the molecule is O=C(NC1CCN(C(=O)CCc2ccccc2)CC1)c1cccs1. The van der Waals surface area contributed by atoms with E-state index in [1.807, 2.05) is 40.6 Å². The van der Waals surface area contributed by atoms with Gasteiger partial charge in [-0.15, -0.1) is 11.3 Å². The lowest BCUT2D eigenvalue weighted by molar-refractivity contribution is -0.132. The zero-order valence-electron chi connectivity index (χ0n) is 13.6. The molecule has 1 N–H and O–H groups in total. The third-order valence-corrected chi connectivity index (χ3v) is 5.27. The summed E-state index contributed by atoms with van der Waals surface area (Å²) in [5.41, 5.74) is 1.20. The van der Waals surface area contributed by atoms with Crippen molar-refractivity contribution in [3.05, 3.63) is 58.3 Å². The third-order valence-electron chi connectivity index (χ3n) is 4.40. The zero-order chi connectivity index (χ0) is 16.8. The molecule has 0 spiro atoms. The minimum atomic E-state index is -0.00106. The van der Waals surface area contributed by atoms with Gasteiger partial charge < -0.3 is 10.2 Å². The van der Waals surface area contributed by atoms with Crippen molar-refractivity contribution in [1.29, 1.82) is 0 Å². The molecule has 4 nitrogen and oxygen atoms in total. The van der Waals surface area contributed by atoms with E-state index in [9.17, 15) is 9.59 Å². The molecule has 1 aromatic carbocycles. The summed E-state index contributed by atoms with van der Waals surface area (Å²) < 4.78 is 0. The number of aryl methyl sites for hydroxylation is 1. The molecule has 1 fully saturated rings. The van der Waals surface area contributed by atoms with E-state index in [1.54, 1.807) is 0 Å². The van der Waals surface area contributed by atoms with Gasteiger partial charge in [0, 0.05) is 25.6 Å². The number of thiophene rings is 1. The lowest BCUT2D eigenvalue weighted by Gasteiger charge is -2.32. The molecular formula is C19H22N2O2S. The van der Waals surface area contributed by atoms with Crippen LogP contribution in [0, 0.1) is 0 Å². The minimum Gasteiger partial charge on any atom is -0.348 e. The van der Waals surface area contributed by atoms with E-state index in [1.165, 1.54) is 16.9 Å². The van der Waals surface area contributed by atoms with Crippen LogP contribution in [0.25, 0.3) is 0 Å². The largest absolute Gasteiger partial charge is 0.348 e. The summed E-state index contributed by atoms with van der Waals surface area (Å²) in [6.45, 7) is 1.45. The summed E-state index contributed by atoms with van der Waals surface area (Å²) in [7, 11) is 0. The molecule has 0 atom stereocenters. The molecule has 1 saturated heterocycles. The molecular weight excluding hydrogens is 320 g/mol. The highest BCUT2D eigenvalue weighted by molar-refractivity contribution is 7.12. The topological polar surface area (TPSA) is 49.4 Å². The van der Waals surface area contributed by atoms with E-state index >= 15 is 0 Å². The lowest BCUT2D eigenvalue weighted by atomic mass is 10.0. The van der Waals surface area contributed by atoms with Gasteiger partial charge in [-0.05, 0) is 36.3 Å². The maximum Gasteiger partial charge on any atom is 0.261 e. The molecule has 1 aliphatic heterocycles. The van der Waals surface area contributed by atoms with Crippen LogP contribution < -0.4 is 5.32 Å². The zero-order valence-corrected chi connectivity index (χ0v) is 14.4. The maximum absolute atomic E-state index is 12.3. The number of likely N-dealkylation sites (tertiary alicyclic amines) is 1. The van der Waals surface area contributed by atoms with Crippen LogP contribution in [0.1, 0.15) is 34.5 Å². The molecule has 3 rings (SSSR count). The third kappa shape index (κ3) is 4.45. The molecule has 0 aliphatic carbocycles. The number of carbonyl (C=O) groups excluding carboxylic acids is 2. The first-order valence-electron chi connectivity index (χ1n) is 8.38. The van der Waals surface area contributed by atoms with Crippen LogP contribution in [0.15, 0.2) is 47.8 Å². The second-order valence-corrected chi connectivity index (χ2v) is 7.04. The van der Waals surface area contributed by atoms with Crippen molar-refractivity contribution in [2.45, 2.75) is 31.7 Å². The minimum absolute atomic E-state index is 0.00106. The van der Waals surface area contributed by atoms with Gasteiger partial charge >= 0.3 is 0 Å². The fourth-order valence-corrected chi connectivity index (χ4v) is 3.62. The number of hydrogen-bond acceptors (Lipinski definition) is 3. The monoisotopic (exact) mass is 342 g/mol. The smallest absolute Gasteiger partial charge is 0.261 e. The maximum atomic E-state index is 12.3. The lowest BCUT2D eigenvalue weighted by Crippen LogP contribution is -2.46. The Morgan fingerprint density at radius 1 is 1.08 bits per heavy atom. The molecule has 2 heterocycles. The van der Waals surface area contributed by atoms with Gasteiger partial charge in [0.1, 0.15) is 0 Å². The van der Waals surface area contributed by atoms with Gasteiger partial charge in [-0.1, -0.05) is 36.4 Å². The van der Waals surface area contributed by atoms with E-state index in [0.717, 1.165) is 37.2 Å². The molecule has 0 unspecified atom stereocenters. The second-order valence-electron chi connectivity index (χ2n) is 6.09. The number of benzene rings is 1. The highest BCUT2D eigenvalue weighted by Gasteiger charge is 2.24. The van der Waals surface area contributed by atoms with Gasteiger partial charge in [-0.25, -0.2) is 0 Å². The van der Waals surface area contributed by atoms with Crippen molar-refractivity contribution in [3.8, 4) is 0 Å². The number of piperidine rings is 1. The standard InChI is InChI=1S/C19H22N2O2S/c22-18(9-8-15-5-2-1-3-6-15)21-12-10-16(11-13-21)20-19(23)17-7-4-14-24-17/h1-7,14,16H,8-13H2,(H,20,23). The van der Waals surface area contributed by atoms with E-state index in [2.05, 4.69) is 17.4 Å². The molecule has 0 saturated carbocycles. The van der Waals surface area contributed by atoms with Crippen molar-refractivity contribution < 1.29 is 9.59 Å². The van der Waals surface area contributed by atoms with E-state index in [0.29, 0.717) is 6.42 Å². The molecule has 126 valence electrons. The fourth-order valence-electron chi connectivity index (χ4n) is 2.99. The van der Waals surface area contributed by atoms with Crippen LogP contribution in [0.5, 0.6) is 0 Å². The summed E-state index contributed by atoms with van der Waals surface area (Å²) >= 11 is 1.45. The van der Waals surface area contributed by atoms with Crippen molar-refractivity contribution in [2.75, 3.05) is 13.1 Å². The highest BCUT2D eigenvalue weighted by Crippen LogP contribution is 2.15. The van der Waals surface area contributed by atoms with Crippen molar-refractivity contribution in [2.24, 2.45) is 0 Å². The van der Waals surface area contributed by atoms with Gasteiger partial charge in [0.25, 0.3) is 5.91 Å². The first kappa shape index (κ1) is 16.7. The van der Waals surface area contributed by atoms with Crippen LogP contribution in [-0.4, -0.2) is 35.8 Å². The first-order valence-corrected chi connectivity index (χ1v) is 9.26. The van der Waals surface area contributed by atoms with Gasteiger partial charge in [0.05, 0.1) is 4.88 Å².